The van der Waals surface area contributed by atoms with Crippen LogP contribution in [0.1, 0.15) is 27.9 Å². The first kappa shape index (κ1) is 14.2. The molecule has 0 spiro atoms. The summed E-state index contributed by atoms with van der Waals surface area (Å²) in [4.78, 5) is 16.9. The van der Waals surface area contributed by atoms with Crippen LogP contribution in [0.3, 0.4) is 0 Å². The fourth-order valence-electron chi connectivity index (χ4n) is 1.73. The lowest BCUT2D eigenvalue weighted by atomic mass is 10.1. The van der Waals surface area contributed by atoms with E-state index in [0.717, 1.165) is 16.6 Å². The number of rotatable bonds is 5. The van der Waals surface area contributed by atoms with Crippen molar-refractivity contribution in [3.05, 3.63) is 44.3 Å². The summed E-state index contributed by atoms with van der Waals surface area (Å²) in [5, 5.41) is 0. The molecule has 0 amide bonds. The molecule has 0 N–H and O–H groups in total. The number of aromatic nitrogens is 1. The fraction of sp³-hybridized carbons (Fsp3) is 0.286. The number of ether oxygens (including phenoxy) is 1. The van der Waals surface area contributed by atoms with Crippen LogP contribution in [0.2, 0.25) is 0 Å². The molecular formula is C14H14BrNO2S. The minimum Gasteiger partial charge on any atom is -0.492 e. The van der Waals surface area contributed by atoms with Gasteiger partial charge in [0.05, 0.1) is 23.4 Å². The van der Waals surface area contributed by atoms with Crippen LogP contribution in [-0.4, -0.2) is 17.4 Å². The van der Waals surface area contributed by atoms with E-state index >= 15 is 0 Å². The highest BCUT2D eigenvalue weighted by Crippen LogP contribution is 2.24. The highest BCUT2D eigenvalue weighted by molar-refractivity contribution is 9.10. The Bertz CT molecular complexity index is 595. The number of hydrogen-bond acceptors (Lipinski definition) is 4. The molecule has 1 aromatic carbocycles. The van der Waals surface area contributed by atoms with E-state index in [-0.39, 0.29) is 5.78 Å². The minimum atomic E-state index is 0.0106. The third-order valence-corrected chi connectivity index (χ3v) is 4.24. The summed E-state index contributed by atoms with van der Waals surface area (Å²) >= 11 is 5.02. The van der Waals surface area contributed by atoms with Crippen LogP contribution in [0.15, 0.2) is 28.2 Å². The number of hydrogen-bond donors (Lipinski definition) is 0. The summed E-state index contributed by atoms with van der Waals surface area (Å²) in [5.41, 5.74) is 3.50. The van der Waals surface area contributed by atoms with E-state index in [9.17, 15) is 4.79 Å². The first-order valence-electron chi connectivity index (χ1n) is 5.90. The highest BCUT2D eigenvalue weighted by Gasteiger charge is 2.09. The number of nitrogens with zero attached hydrogens (tertiary/aromatic N) is 1. The predicted octanol–water partition coefficient (Wildman–Crippen LogP) is 4.04. The third kappa shape index (κ3) is 3.64. The number of benzene rings is 1. The maximum Gasteiger partial charge on any atom is 0.163 e. The van der Waals surface area contributed by atoms with Gasteiger partial charge in [0.1, 0.15) is 5.75 Å². The van der Waals surface area contributed by atoms with Gasteiger partial charge in [-0.1, -0.05) is 15.9 Å². The van der Waals surface area contributed by atoms with Crippen LogP contribution in [-0.2, 0) is 6.42 Å². The second-order valence-corrected chi connectivity index (χ2v) is 6.01. The van der Waals surface area contributed by atoms with Gasteiger partial charge in [0.15, 0.2) is 5.78 Å². The van der Waals surface area contributed by atoms with E-state index in [1.165, 1.54) is 4.88 Å². The van der Waals surface area contributed by atoms with Crippen molar-refractivity contribution in [1.29, 1.82) is 0 Å². The van der Waals surface area contributed by atoms with Gasteiger partial charge >= 0.3 is 0 Å². The molecule has 2 rings (SSSR count). The van der Waals surface area contributed by atoms with Crippen LogP contribution in [0, 0.1) is 6.92 Å². The summed E-state index contributed by atoms with van der Waals surface area (Å²) in [7, 11) is 0. The molecule has 19 heavy (non-hydrogen) atoms. The van der Waals surface area contributed by atoms with E-state index in [1.807, 2.05) is 24.6 Å². The quantitative estimate of drug-likeness (QED) is 0.771. The molecule has 1 heterocycles. The van der Waals surface area contributed by atoms with E-state index < -0.39 is 0 Å². The van der Waals surface area contributed by atoms with Crippen molar-refractivity contribution in [2.24, 2.45) is 0 Å². The van der Waals surface area contributed by atoms with Crippen molar-refractivity contribution >= 4 is 33.0 Å². The largest absolute Gasteiger partial charge is 0.492 e. The molecule has 3 nitrogen and oxygen atoms in total. The van der Waals surface area contributed by atoms with Crippen molar-refractivity contribution < 1.29 is 9.53 Å². The molecule has 2 aromatic rings. The van der Waals surface area contributed by atoms with Crippen LogP contribution >= 0.6 is 27.3 Å². The van der Waals surface area contributed by atoms with Gasteiger partial charge in [0.25, 0.3) is 0 Å². The first-order valence-corrected chi connectivity index (χ1v) is 7.57. The summed E-state index contributed by atoms with van der Waals surface area (Å²) in [6.07, 6.45) is 0.806. The Hall–Kier alpha value is -1.20. The molecule has 0 aliphatic heterocycles. The molecule has 0 aliphatic carbocycles. The lowest BCUT2D eigenvalue weighted by Gasteiger charge is -2.10. The number of carbonyl (C=O) groups is 1. The van der Waals surface area contributed by atoms with Gasteiger partial charge < -0.3 is 4.74 Å². The molecule has 0 bridgehead atoms. The zero-order valence-electron chi connectivity index (χ0n) is 10.8. The zero-order chi connectivity index (χ0) is 13.8. The van der Waals surface area contributed by atoms with E-state index in [0.29, 0.717) is 17.9 Å². The summed E-state index contributed by atoms with van der Waals surface area (Å²) in [5.74, 6) is 0.639. The monoisotopic (exact) mass is 339 g/mol. The van der Waals surface area contributed by atoms with Gasteiger partial charge in [-0.3, -0.25) is 4.79 Å². The lowest BCUT2D eigenvalue weighted by Crippen LogP contribution is -2.05. The van der Waals surface area contributed by atoms with Crippen molar-refractivity contribution in [3.63, 3.8) is 0 Å². The summed E-state index contributed by atoms with van der Waals surface area (Å²) < 4.78 is 6.64. The Morgan fingerprint density at radius 3 is 2.89 bits per heavy atom. The van der Waals surface area contributed by atoms with Crippen LogP contribution in [0.4, 0.5) is 0 Å². The maximum absolute atomic E-state index is 11.5. The van der Waals surface area contributed by atoms with Gasteiger partial charge in [-0.05, 0) is 32.0 Å². The van der Waals surface area contributed by atoms with Gasteiger partial charge in [-0.15, -0.1) is 11.3 Å². The van der Waals surface area contributed by atoms with E-state index in [2.05, 4.69) is 20.9 Å². The molecular weight excluding hydrogens is 326 g/mol. The highest BCUT2D eigenvalue weighted by atomic mass is 79.9. The molecule has 0 unspecified atom stereocenters. The molecule has 0 saturated carbocycles. The topological polar surface area (TPSA) is 39.2 Å². The van der Waals surface area contributed by atoms with E-state index in [1.54, 1.807) is 24.3 Å². The predicted molar refractivity (Wildman–Crippen MR) is 80.2 cm³/mol. The SMILES string of the molecule is CC(=O)c1ccc(Br)cc1OCCc1scnc1C. The van der Waals surface area contributed by atoms with Crippen molar-refractivity contribution in [1.82, 2.24) is 4.98 Å². The second kappa shape index (κ2) is 6.30. The Labute approximate surface area is 124 Å². The van der Waals surface area contributed by atoms with Crippen LogP contribution in [0.25, 0.3) is 0 Å². The Morgan fingerprint density at radius 1 is 1.47 bits per heavy atom. The Kier molecular flexibility index (Phi) is 4.71. The number of ketones is 1. The van der Waals surface area contributed by atoms with Crippen molar-refractivity contribution in [2.75, 3.05) is 6.61 Å². The van der Waals surface area contributed by atoms with E-state index in [4.69, 9.17) is 4.74 Å². The molecule has 0 saturated heterocycles. The molecule has 0 aliphatic rings. The molecule has 0 atom stereocenters. The average molecular weight is 340 g/mol. The maximum atomic E-state index is 11.5. The standard InChI is InChI=1S/C14H14BrNO2S/c1-9-14(19-8-16-9)5-6-18-13-7-11(15)3-4-12(13)10(2)17/h3-4,7-8H,5-6H2,1-2H3. The molecule has 5 heteroatoms. The van der Waals surface area contributed by atoms with Crippen molar-refractivity contribution in [3.8, 4) is 5.75 Å². The third-order valence-electron chi connectivity index (χ3n) is 2.75. The number of carbonyl (C=O) groups excluding carboxylic acids is 1. The van der Waals surface area contributed by atoms with Gasteiger partial charge in [-0.25, -0.2) is 4.98 Å². The Morgan fingerprint density at radius 2 is 2.26 bits per heavy atom. The molecule has 1 aromatic heterocycles. The number of aryl methyl sites for hydroxylation is 1. The van der Waals surface area contributed by atoms with Gasteiger partial charge in [0, 0.05) is 15.8 Å². The molecule has 100 valence electrons. The number of thiazole rings is 1. The fourth-order valence-corrected chi connectivity index (χ4v) is 2.83. The van der Waals surface area contributed by atoms with Crippen LogP contribution < -0.4 is 4.74 Å². The van der Waals surface area contributed by atoms with Crippen molar-refractivity contribution in [2.45, 2.75) is 20.3 Å². The first-order chi connectivity index (χ1) is 9.08. The lowest BCUT2D eigenvalue weighted by molar-refractivity contribution is 0.101. The number of halogens is 1. The average Bonchev–Trinajstić information content (AvgIpc) is 2.75. The minimum absolute atomic E-state index is 0.0106. The van der Waals surface area contributed by atoms with Gasteiger partial charge in [0.2, 0.25) is 0 Å². The molecule has 0 radical (unpaired) electrons. The summed E-state index contributed by atoms with van der Waals surface area (Å²) in [6.45, 7) is 4.08. The smallest absolute Gasteiger partial charge is 0.163 e. The summed E-state index contributed by atoms with van der Waals surface area (Å²) in [6, 6.07) is 5.45. The van der Waals surface area contributed by atoms with Gasteiger partial charge in [-0.2, -0.15) is 0 Å². The zero-order valence-corrected chi connectivity index (χ0v) is 13.2. The molecule has 0 fully saturated rings. The number of Topliss-reactive ketones (excluding diaryl/α,β-unsaturated/α-hetero) is 1. The normalized spacial score (nSPS) is 10.5. The Balaban J connectivity index is 2.05. The second-order valence-electron chi connectivity index (χ2n) is 4.16. The van der Waals surface area contributed by atoms with Crippen LogP contribution in [0.5, 0.6) is 5.75 Å².